The number of amides is 1. The van der Waals surface area contributed by atoms with Gasteiger partial charge in [0.25, 0.3) is 5.91 Å². The van der Waals surface area contributed by atoms with Gasteiger partial charge in [0.15, 0.2) is 11.5 Å². The molecule has 1 amide bonds. The fourth-order valence-corrected chi connectivity index (χ4v) is 2.31. The number of carbonyl (C=O) groups is 1. The van der Waals surface area contributed by atoms with E-state index in [1.54, 1.807) is 12.1 Å². The first-order chi connectivity index (χ1) is 10.6. The lowest BCUT2D eigenvalue weighted by Gasteiger charge is -2.02. The lowest BCUT2D eigenvalue weighted by atomic mass is 10.2. The molecular formula is C15H10BrFN2O3. The van der Waals surface area contributed by atoms with Crippen LogP contribution in [0, 0.1) is 5.82 Å². The van der Waals surface area contributed by atoms with Crippen molar-refractivity contribution in [3.05, 3.63) is 57.8 Å². The van der Waals surface area contributed by atoms with Crippen molar-refractivity contribution in [1.82, 2.24) is 5.43 Å². The summed E-state index contributed by atoms with van der Waals surface area (Å²) in [6.07, 6.45) is 1.46. The van der Waals surface area contributed by atoms with Crippen LogP contribution in [0.25, 0.3) is 0 Å². The minimum atomic E-state index is -0.493. The maximum Gasteiger partial charge on any atom is 0.271 e. The van der Waals surface area contributed by atoms with Gasteiger partial charge in [-0.1, -0.05) is 6.07 Å². The first kappa shape index (κ1) is 14.5. The molecule has 22 heavy (non-hydrogen) atoms. The number of nitrogens with zero attached hydrogens (tertiary/aromatic N) is 1. The summed E-state index contributed by atoms with van der Waals surface area (Å²) in [4.78, 5) is 11.8. The highest BCUT2D eigenvalue weighted by Crippen LogP contribution is 2.36. The molecule has 0 bridgehead atoms. The summed E-state index contributed by atoms with van der Waals surface area (Å²) in [5.41, 5.74) is 3.25. The van der Waals surface area contributed by atoms with Crippen molar-refractivity contribution < 1.29 is 18.7 Å². The highest BCUT2D eigenvalue weighted by molar-refractivity contribution is 9.10. The van der Waals surface area contributed by atoms with Gasteiger partial charge in [0.2, 0.25) is 6.79 Å². The molecule has 1 N–H and O–H groups in total. The molecule has 0 unspecified atom stereocenters. The number of hydrogen-bond acceptors (Lipinski definition) is 4. The molecule has 0 saturated heterocycles. The Morgan fingerprint density at radius 3 is 2.82 bits per heavy atom. The molecule has 7 heteroatoms. The van der Waals surface area contributed by atoms with Gasteiger partial charge in [0.05, 0.1) is 6.21 Å². The number of carbonyl (C=O) groups excluding carboxylic acids is 1. The maximum absolute atomic E-state index is 13.0. The minimum absolute atomic E-state index is 0.179. The van der Waals surface area contributed by atoms with E-state index in [9.17, 15) is 9.18 Å². The third-order valence-corrected chi connectivity index (χ3v) is 3.64. The SMILES string of the molecule is O=C(N/N=C/c1cc2c(cc1Br)OCO2)c1cccc(F)c1. The van der Waals surface area contributed by atoms with Crippen molar-refractivity contribution in [3.63, 3.8) is 0 Å². The molecule has 0 atom stereocenters. The summed E-state index contributed by atoms with van der Waals surface area (Å²) in [6, 6.07) is 8.88. The van der Waals surface area contributed by atoms with Crippen molar-refractivity contribution in [2.24, 2.45) is 5.10 Å². The van der Waals surface area contributed by atoms with Crippen LogP contribution in [0.3, 0.4) is 0 Å². The number of halogens is 2. The summed E-state index contributed by atoms with van der Waals surface area (Å²) >= 11 is 3.38. The predicted molar refractivity (Wildman–Crippen MR) is 81.7 cm³/mol. The number of fused-ring (bicyclic) bond motifs is 1. The van der Waals surface area contributed by atoms with Gasteiger partial charge in [-0.2, -0.15) is 5.10 Å². The van der Waals surface area contributed by atoms with E-state index in [0.717, 1.165) is 10.5 Å². The smallest absolute Gasteiger partial charge is 0.271 e. The first-order valence-corrected chi connectivity index (χ1v) is 7.11. The van der Waals surface area contributed by atoms with Crippen LogP contribution in [0.15, 0.2) is 46.0 Å². The number of nitrogens with one attached hydrogen (secondary N) is 1. The standard InChI is InChI=1S/C15H10BrFN2O3/c16-12-6-14-13(21-8-22-14)5-10(12)7-18-19-15(20)9-2-1-3-11(17)4-9/h1-7H,8H2,(H,19,20)/b18-7+. The van der Waals surface area contributed by atoms with Crippen molar-refractivity contribution in [3.8, 4) is 11.5 Å². The lowest BCUT2D eigenvalue weighted by Crippen LogP contribution is -2.17. The van der Waals surface area contributed by atoms with Gasteiger partial charge >= 0.3 is 0 Å². The molecule has 0 aliphatic carbocycles. The van der Waals surface area contributed by atoms with Gasteiger partial charge in [-0.25, -0.2) is 9.82 Å². The van der Waals surface area contributed by atoms with E-state index in [4.69, 9.17) is 9.47 Å². The van der Waals surface area contributed by atoms with Gasteiger partial charge in [-0.05, 0) is 46.3 Å². The van der Waals surface area contributed by atoms with E-state index in [-0.39, 0.29) is 12.4 Å². The maximum atomic E-state index is 13.0. The molecule has 1 aliphatic heterocycles. The Labute approximate surface area is 133 Å². The average Bonchev–Trinajstić information content (AvgIpc) is 2.94. The van der Waals surface area contributed by atoms with Crippen LogP contribution < -0.4 is 14.9 Å². The molecule has 0 spiro atoms. The van der Waals surface area contributed by atoms with Crippen molar-refractivity contribution in [1.29, 1.82) is 0 Å². The third kappa shape index (κ3) is 3.09. The number of ether oxygens (including phenoxy) is 2. The molecule has 5 nitrogen and oxygen atoms in total. The second kappa shape index (κ2) is 6.15. The van der Waals surface area contributed by atoms with E-state index in [1.807, 2.05) is 0 Å². The van der Waals surface area contributed by atoms with Gasteiger partial charge in [0.1, 0.15) is 5.82 Å². The Bertz CT molecular complexity index is 764. The Balaban J connectivity index is 1.71. The lowest BCUT2D eigenvalue weighted by molar-refractivity contribution is 0.0954. The molecule has 2 aromatic carbocycles. The minimum Gasteiger partial charge on any atom is -0.454 e. The predicted octanol–water partition coefficient (Wildman–Crippen LogP) is 3.08. The van der Waals surface area contributed by atoms with Crippen LogP contribution in [-0.2, 0) is 0 Å². The third-order valence-electron chi connectivity index (χ3n) is 2.95. The van der Waals surface area contributed by atoms with Crippen LogP contribution in [0.4, 0.5) is 4.39 Å². The van der Waals surface area contributed by atoms with Gasteiger partial charge in [-0.3, -0.25) is 4.79 Å². The van der Waals surface area contributed by atoms with E-state index >= 15 is 0 Å². The van der Waals surface area contributed by atoms with E-state index in [0.29, 0.717) is 17.1 Å². The summed E-state index contributed by atoms with van der Waals surface area (Å²) in [6.45, 7) is 0.179. The second-order valence-electron chi connectivity index (χ2n) is 4.44. The molecule has 0 saturated carbocycles. The van der Waals surface area contributed by atoms with Crippen LogP contribution in [0.5, 0.6) is 11.5 Å². The Morgan fingerprint density at radius 2 is 2.05 bits per heavy atom. The number of rotatable bonds is 3. The molecular weight excluding hydrogens is 355 g/mol. The van der Waals surface area contributed by atoms with E-state index in [1.165, 1.54) is 24.4 Å². The fraction of sp³-hybridized carbons (Fsp3) is 0.0667. The molecule has 1 heterocycles. The average molecular weight is 365 g/mol. The summed E-state index contributed by atoms with van der Waals surface area (Å²) in [5.74, 6) is 0.289. The van der Waals surface area contributed by atoms with Crippen LogP contribution in [0.1, 0.15) is 15.9 Å². The second-order valence-corrected chi connectivity index (χ2v) is 5.29. The number of benzene rings is 2. The van der Waals surface area contributed by atoms with Crippen molar-refractivity contribution in [2.45, 2.75) is 0 Å². The largest absolute Gasteiger partial charge is 0.454 e. The van der Waals surface area contributed by atoms with Gasteiger partial charge in [0, 0.05) is 15.6 Å². The summed E-state index contributed by atoms with van der Waals surface area (Å²) in [7, 11) is 0. The molecule has 1 aliphatic rings. The highest BCUT2D eigenvalue weighted by atomic mass is 79.9. The Kier molecular flexibility index (Phi) is 4.06. The van der Waals surface area contributed by atoms with Crippen molar-refractivity contribution in [2.75, 3.05) is 6.79 Å². The zero-order valence-electron chi connectivity index (χ0n) is 11.2. The Hall–Kier alpha value is -2.41. The topological polar surface area (TPSA) is 59.9 Å². The Morgan fingerprint density at radius 1 is 1.27 bits per heavy atom. The normalized spacial score (nSPS) is 12.6. The van der Waals surface area contributed by atoms with E-state index in [2.05, 4.69) is 26.5 Å². The summed E-state index contributed by atoms with van der Waals surface area (Å²) < 4.78 is 24.3. The highest BCUT2D eigenvalue weighted by Gasteiger charge is 2.15. The molecule has 0 fully saturated rings. The number of hydrazone groups is 1. The monoisotopic (exact) mass is 364 g/mol. The molecule has 0 aromatic heterocycles. The van der Waals surface area contributed by atoms with Crippen LogP contribution in [0.2, 0.25) is 0 Å². The van der Waals surface area contributed by atoms with E-state index < -0.39 is 11.7 Å². The first-order valence-electron chi connectivity index (χ1n) is 6.31. The van der Waals surface area contributed by atoms with Crippen LogP contribution >= 0.6 is 15.9 Å². The fourth-order valence-electron chi connectivity index (χ4n) is 1.89. The molecule has 3 rings (SSSR count). The summed E-state index contributed by atoms with van der Waals surface area (Å²) in [5, 5.41) is 3.86. The molecule has 2 aromatic rings. The zero-order valence-corrected chi connectivity index (χ0v) is 12.8. The number of hydrogen-bond donors (Lipinski definition) is 1. The zero-order chi connectivity index (χ0) is 15.5. The van der Waals surface area contributed by atoms with Crippen molar-refractivity contribution >= 4 is 28.1 Å². The molecule has 112 valence electrons. The van der Waals surface area contributed by atoms with Gasteiger partial charge < -0.3 is 9.47 Å². The quantitative estimate of drug-likeness (QED) is 0.672. The van der Waals surface area contributed by atoms with Gasteiger partial charge in [-0.15, -0.1) is 0 Å². The van der Waals surface area contributed by atoms with Crippen LogP contribution in [-0.4, -0.2) is 18.9 Å². The molecule has 0 radical (unpaired) electrons.